The van der Waals surface area contributed by atoms with E-state index in [2.05, 4.69) is 10.3 Å². The van der Waals surface area contributed by atoms with Gasteiger partial charge in [0.05, 0.1) is 16.1 Å². The van der Waals surface area contributed by atoms with Crippen molar-refractivity contribution in [3.05, 3.63) is 93.5 Å². The van der Waals surface area contributed by atoms with Crippen LogP contribution in [0.1, 0.15) is 40.1 Å². The topological polar surface area (TPSA) is 125 Å². The number of nitrogens with one attached hydrogen (secondary N) is 1. The fourth-order valence-electron chi connectivity index (χ4n) is 3.34. The molecule has 178 valence electrons. The lowest BCUT2D eigenvalue weighted by atomic mass is 10.1. The highest BCUT2D eigenvalue weighted by Crippen LogP contribution is 2.27. The first-order valence-corrected chi connectivity index (χ1v) is 11.0. The van der Waals surface area contributed by atoms with E-state index in [-0.39, 0.29) is 23.8 Å². The zero-order valence-electron chi connectivity index (χ0n) is 19.2. The second-order valence-corrected chi connectivity index (χ2v) is 8.35. The molecule has 0 aliphatic heterocycles. The van der Waals surface area contributed by atoms with Crippen LogP contribution in [-0.4, -0.2) is 28.3 Å². The smallest absolute Gasteiger partial charge is 0.338 e. The van der Waals surface area contributed by atoms with Crippen LogP contribution in [-0.2, 0) is 11.3 Å². The Balaban J connectivity index is 1.44. The maximum absolute atomic E-state index is 12.6. The predicted octanol–water partition coefficient (Wildman–Crippen LogP) is 5.15. The molecule has 0 aliphatic carbocycles. The van der Waals surface area contributed by atoms with Crippen LogP contribution in [0.4, 0.5) is 5.69 Å². The van der Waals surface area contributed by atoms with Gasteiger partial charge < -0.3 is 14.5 Å². The van der Waals surface area contributed by atoms with Crippen LogP contribution < -0.4 is 5.32 Å². The molecule has 1 aromatic heterocycles. The largest absolute Gasteiger partial charge is 0.457 e. The number of hydrogen-bond acceptors (Lipinski definition) is 7. The van der Waals surface area contributed by atoms with Gasteiger partial charge in [0.2, 0.25) is 5.89 Å². The van der Waals surface area contributed by atoms with Crippen LogP contribution in [0.25, 0.3) is 22.6 Å². The Kier molecular flexibility index (Phi) is 6.86. The van der Waals surface area contributed by atoms with Gasteiger partial charge in [-0.25, -0.2) is 9.78 Å². The van der Waals surface area contributed by atoms with E-state index >= 15 is 0 Å². The Morgan fingerprint density at radius 2 is 1.77 bits per heavy atom. The number of amides is 1. The van der Waals surface area contributed by atoms with Crippen molar-refractivity contribution in [2.45, 2.75) is 20.5 Å². The molecule has 0 spiro atoms. The first kappa shape index (κ1) is 23.6. The summed E-state index contributed by atoms with van der Waals surface area (Å²) in [5.41, 5.74) is 3.01. The summed E-state index contributed by atoms with van der Waals surface area (Å²) in [6, 6.07) is 17.6. The number of aromatic nitrogens is 1. The van der Waals surface area contributed by atoms with Crippen LogP contribution in [0.3, 0.4) is 0 Å². The minimum atomic E-state index is -0.578. The standard InChI is InChI=1S/C26H23N3O6/c1-16(2)14-27-24(30)21-4-3-5-22-23(21)35-25(28-22)18-8-6-17(7-9-18)15-34-26(31)19-10-12-20(13-11-19)29(32)33/h3-13,16H,14-15H2,1-2H3,(H,27,30). The Labute approximate surface area is 200 Å². The summed E-state index contributed by atoms with van der Waals surface area (Å²) < 4.78 is 11.2. The molecule has 1 N–H and O–H groups in total. The van der Waals surface area contributed by atoms with Gasteiger partial charge in [-0.2, -0.15) is 0 Å². The van der Waals surface area contributed by atoms with Crippen molar-refractivity contribution in [2.24, 2.45) is 5.92 Å². The second-order valence-electron chi connectivity index (χ2n) is 8.35. The molecule has 4 aromatic rings. The van der Waals surface area contributed by atoms with E-state index < -0.39 is 10.9 Å². The molecule has 0 radical (unpaired) electrons. The molecule has 0 fully saturated rings. The summed E-state index contributed by atoms with van der Waals surface area (Å²) in [6.45, 7) is 4.64. The molecule has 35 heavy (non-hydrogen) atoms. The van der Waals surface area contributed by atoms with Gasteiger partial charge in [-0.05, 0) is 47.9 Å². The number of esters is 1. The molecular formula is C26H23N3O6. The van der Waals surface area contributed by atoms with Gasteiger partial charge in [-0.3, -0.25) is 14.9 Å². The van der Waals surface area contributed by atoms with Gasteiger partial charge in [-0.15, -0.1) is 0 Å². The highest BCUT2D eigenvalue weighted by Gasteiger charge is 2.17. The number of benzene rings is 3. The number of carbonyl (C=O) groups excluding carboxylic acids is 2. The van der Waals surface area contributed by atoms with Crippen molar-refractivity contribution in [3.8, 4) is 11.5 Å². The molecule has 0 saturated heterocycles. The minimum Gasteiger partial charge on any atom is -0.457 e. The lowest BCUT2D eigenvalue weighted by Gasteiger charge is -2.07. The van der Waals surface area contributed by atoms with Crippen molar-refractivity contribution >= 4 is 28.7 Å². The summed E-state index contributed by atoms with van der Waals surface area (Å²) in [4.78, 5) is 39.5. The number of rotatable bonds is 8. The number of nitro groups is 1. The summed E-state index contributed by atoms with van der Waals surface area (Å²) in [5.74, 6) is -0.0859. The highest BCUT2D eigenvalue weighted by atomic mass is 16.6. The van der Waals surface area contributed by atoms with Crippen molar-refractivity contribution in [1.29, 1.82) is 0 Å². The molecule has 0 bridgehead atoms. The van der Waals surface area contributed by atoms with E-state index in [1.165, 1.54) is 24.3 Å². The average Bonchev–Trinajstić information content (AvgIpc) is 3.30. The van der Waals surface area contributed by atoms with Crippen molar-refractivity contribution in [3.63, 3.8) is 0 Å². The minimum absolute atomic E-state index is 0.0316. The Morgan fingerprint density at radius 3 is 2.43 bits per heavy atom. The lowest BCUT2D eigenvalue weighted by Crippen LogP contribution is -2.27. The molecule has 9 heteroatoms. The summed E-state index contributed by atoms with van der Waals surface area (Å²) in [6.07, 6.45) is 0. The first-order valence-electron chi connectivity index (χ1n) is 11.0. The fourth-order valence-corrected chi connectivity index (χ4v) is 3.34. The van der Waals surface area contributed by atoms with Crippen molar-refractivity contribution in [1.82, 2.24) is 10.3 Å². The lowest BCUT2D eigenvalue weighted by molar-refractivity contribution is -0.384. The molecule has 4 rings (SSSR count). The van der Waals surface area contributed by atoms with E-state index in [0.717, 1.165) is 5.56 Å². The fraction of sp³-hybridized carbons (Fsp3) is 0.192. The number of oxazole rings is 1. The van der Waals surface area contributed by atoms with Gasteiger partial charge in [0.15, 0.2) is 5.58 Å². The number of fused-ring (bicyclic) bond motifs is 1. The van der Waals surface area contributed by atoms with E-state index in [0.29, 0.717) is 40.6 Å². The van der Waals surface area contributed by atoms with Gasteiger partial charge in [-0.1, -0.05) is 32.0 Å². The Hall–Kier alpha value is -4.53. The van der Waals surface area contributed by atoms with Crippen LogP contribution in [0.15, 0.2) is 71.1 Å². The van der Waals surface area contributed by atoms with Crippen LogP contribution in [0.2, 0.25) is 0 Å². The van der Waals surface area contributed by atoms with Gasteiger partial charge in [0, 0.05) is 24.2 Å². The van der Waals surface area contributed by atoms with Gasteiger partial charge in [0.25, 0.3) is 11.6 Å². The highest BCUT2D eigenvalue weighted by molar-refractivity contribution is 6.04. The van der Waals surface area contributed by atoms with Crippen LogP contribution in [0.5, 0.6) is 0 Å². The number of ether oxygens (including phenoxy) is 1. The third-order valence-corrected chi connectivity index (χ3v) is 5.22. The number of nitro benzene ring substituents is 1. The maximum Gasteiger partial charge on any atom is 0.338 e. The zero-order valence-corrected chi connectivity index (χ0v) is 19.2. The molecule has 0 aliphatic rings. The first-order chi connectivity index (χ1) is 16.8. The van der Waals surface area contributed by atoms with Gasteiger partial charge in [0.1, 0.15) is 12.1 Å². The third kappa shape index (κ3) is 5.52. The SMILES string of the molecule is CC(C)CNC(=O)c1cccc2nc(-c3ccc(COC(=O)c4ccc([N+](=O)[O-])cc4)cc3)oc12. The van der Waals surface area contributed by atoms with E-state index in [9.17, 15) is 19.7 Å². The predicted molar refractivity (Wildman–Crippen MR) is 129 cm³/mol. The second kappa shape index (κ2) is 10.2. The number of nitrogens with zero attached hydrogens (tertiary/aromatic N) is 2. The summed E-state index contributed by atoms with van der Waals surface area (Å²) >= 11 is 0. The third-order valence-electron chi connectivity index (χ3n) is 5.22. The number of hydrogen-bond donors (Lipinski definition) is 1. The van der Waals surface area contributed by atoms with Crippen molar-refractivity contribution < 1.29 is 23.7 Å². The number of carbonyl (C=O) groups is 2. The number of para-hydroxylation sites is 1. The molecule has 9 nitrogen and oxygen atoms in total. The molecule has 0 saturated carbocycles. The number of non-ortho nitro benzene ring substituents is 1. The van der Waals surface area contributed by atoms with Crippen LogP contribution in [0, 0.1) is 16.0 Å². The molecule has 1 amide bonds. The normalized spacial score (nSPS) is 10.9. The van der Waals surface area contributed by atoms with E-state index in [1.54, 1.807) is 42.5 Å². The maximum atomic E-state index is 12.6. The zero-order chi connectivity index (χ0) is 24.9. The van der Waals surface area contributed by atoms with Crippen LogP contribution >= 0.6 is 0 Å². The van der Waals surface area contributed by atoms with E-state index in [1.807, 2.05) is 13.8 Å². The molecule has 0 atom stereocenters. The average molecular weight is 473 g/mol. The monoisotopic (exact) mass is 473 g/mol. The Bertz CT molecular complexity index is 1370. The quantitative estimate of drug-likeness (QED) is 0.213. The van der Waals surface area contributed by atoms with E-state index in [4.69, 9.17) is 9.15 Å². The molecule has 3 aromatic carbocycles. The summed E-state index contributed by atoms with van der Waals surface area (Å²) in [7, 11) is 0. The summed E-state index contributed by atoms with van der Waals surface area (Å²) in [5, 5.41) is 13.6. The van der Waals surface area contributed by atoms with Gasteiger partial charge >= 0.3 is 5.97 Å². The molecule has 0 unspecified atom stereocenters. The Morgan fingerprint density at radius 1 is 1.06 bits per heavy atom. The molecular weight excluding hydrogens is 450 g/mol. The van der Waals surface area contributed by atoms with Crippen molar-refractivity contribution in [2.75, 3.05) is 6.54 Å². The molecule has 1 heterocycles.